The molecule has 0 atom stereocenters. The molecular weight excluding hydrogens is 204 g/mol. The molecule has 94 valence electrons. The number of hydrogen-bond donors (Lipinski definition) is 1. The number of urea groups is 1. The smallest absolute Gasteiger partial charge is 0.317 e. The lowest BCUT2D eigenvalue weighted by atomic mass is 10.00. The minimum absolute atomic E-state index is 0.0555. The van der Waals surface area contributed by atoms with Crippen LogP contribution in [0.1, 0.15) is 32.6 Å². The van der Waals surface area contributed by atoms with Crippen LogP contribution in [-0.2, 0) is 4.74 Å². The van der Waals surface area contributed by atoms with E-state index in [0.29, 0.717) is 5.92 Å². The third-order valence-corrected chi connectivity index (χ3v) is 3.10. The van der Waals surface area contributed by atoms with E-state index < -0.39 is 0 Å². The summed E-state index contributed by atoms with van der Waals surface area (Å²) in [5, 5.41) is 2.72. The Labute approximate surface area is 98.3 Å². The number of unbranched alkanes of at least 4 members (excludes halogenated alkanes) is 1. The Morgan fingerprint density at radius 2 is 2.12 bits per heavy atom. The van der Waals surface area contributed by atoms with Crippen molar-refractivity contribution in [2.24, 2.45) is 5.92 Å². The first-order valence-electron chi connectivity index (χ1n) is 6.32. The van der Waals surface area contributed by atoms with E-state index in [2.05, 4.69) is 12.2 Å². The van der Waals surface area contributed by atoms with Crippen LogP contribution in [0.15, 0.2) is 0 Å². The van der Waals surface area contributed by atoms with Crippen molar-refractivity contribution >= 4 is 6.03 Å². The molecular formula is C12H24N2O2. The quantitative estimate of drug-likeness (QED) is 0.780. The maximum Gasteiger partial charge on any atom is 0.317 e. The van der Waals surface area contributed by atoms with Crippen molar-refractivity contribution in [1.29, 1.82) is 0 Å². The van der Waals surface area contributed by atoms with Crippen LogP contribution in [0.2, 0.25) is 0 Å². The molecule has 0 radical (unpaired) electrons. The van der Waals surface area contributed by atoms with E-state index in [9.17, 15) is 4.79 Å². The highest BCUT2D eigenvalue weighted by molar-refractivity contribution is 5.73. The topological polar surface area (TPSA) is 41.6 Å². The van der Waals surface area contributed by atoms with Crippen molar-refractivity contribution in [3.8, 4) is 0 Å². The summed E-state index contributed by atoms with van der Waals surface area (Å²) in [6, 6.07) is 0.0555. The second kappa shape index (κ2) is 7.49. The molecule has 0 saturated carbocycles. The van der Waals surface area contributed by atoms with Crippen LogP contribution in [-0.4, -0.2) is 44.3 Å². The monoisotopic (exact) mass is 228 g/mol. The highest BCUT2D eigenvalue weighted by atomic mass is 16.5. The maximum atomic E-state index is 11.7. The number of nitrogens with one attached hydrogen (secondary N) is 1. The Balaban J connectivity index is 2.38. The average Bonchev–Trinajstić information content (AvgIpc) is 2.34. The van der Waals surface area contributed by atoms with Crippen molar-refractivity contribution in [2.45, 2.75) is 32.6 Å². The number of rotatable bonds is 5. The van der Waals surface area contributed by atoms with Crippen LogP contribution in [0.25, 0.3) is 0 Å². The van der Waals surface area contributed by atoms with E-state index >= 15 is 0 Å². The zero-order chi connectivity index (χ0) is 11.8. The summed E-state index contributed by atoms with van der Waals surface area (Å²) in [5.41, 5.74) is 0. The first kappa shape index (κ1) is 13.3. The lowest BCUT2D eigenvalue weighted by Crippen LogP contribution is -2.42. The molecule has 4 nitrogen and oxygen atoms in total. The molecule has 0 spiro atoms. The van der Waals surface area contributed by atoms with Crippen molar-refractivity contribution in [2.75, 3.05) is 33.4 Å². The van der Waals surface area contributed by atoms with E-state index in [-0.39, 0.29) is 6.03 Å². The second-order valence-electron chi connectivity index (χ2n) is 4.41. The van der Waals surface area contributed by atoms with Gasteiger partial charge in [0.15, 0.2) is 0 Å². The van der Waals surface area contributed by atoms with Crippen LogP contribution >= 0.6 is 0 Å². The molecule has 1 aliphatic rings. The molecule has 1 aliphatic heterocycles. The van der Waals surface area contributed by atoms with Gasteiger partial charge in [-0.25, -0.2) is 4.79 Å². The molecule has 1 N–H and O–H groups in total. The van der Waals surface area contributed by atoms with E-state index in [1.807, 2.05) is 4.90 Å². The first-order valence-corrected chi connectivity index (χ1v) is 6.32. The van der Waals surface area contributed by atoms with E-state index in [1.54, 1.807) is 7.05 Å². The van der Waals surface area contributed by atoms with Gasteiger partial charge < -0.3 is 15.0 Å². The van der Waals surface area contributed by atoms with Gasteiger partial charge in [-0.1, -0.05) is 13.3 Å². The van der Waals surface area contributed by atoms with Crippen molar-refractivity contribution in [1.82, 2.24) is 10.2 Å². The third-order valence-electron chi connectivity index (χ3n) is 3.10. The van der Waals surface area contributed by atoms with E-state index in [0.717, 1.165) is 52.0 Å². The second-order valence-corrected chi connectivity index (χ2v) is 4.41. The third kappa shape index (κ3) is 4.39. The standard InChI is InChI=1S/C12H24N2O2/c1-3-4-7-14(12(15)13-2)10-11-5-8-16-9-6-11/h11H,3-10H2,1-2H3,(H,13,15). The number of ether oxygens (including phenoxy) is 1. The minimum Gasteiger partial charge on any atom is -0.381 e. The van der Waals surface area contributed by atoms with Gasteiger partial charge in [-0.3, -0.25) is 0 Å². The van der Waals surface area contributed by atoms with Crippen LogP contribution in [0.4, 0.5) is 4.79 Å². The molecule has 0 bridgehead atoms. The summed E-state index contributed by atoms with van der Waals surface area (Å²) >= 11 is 0. The van der Waals surface area contributed by atoms with Crippen LogP contribution in [0.5, 0.6) is 0 Å². The summed E-state index contributed by atoms with van der Waals surface area (Å²) in [6.07, 6.45) is 4.37. The summed E-state index contributed by atoms with van der Waals surface area (Å²) in [7, 11) is 1.70. The molecule has 1 fully saturated rings. The maximum absolute atomic E-state index is 11.7. The molecule has 0 aromatic heterocycles. The molecule has 0 unspecified atom stereocenters. The lowest BCUT2D eigenvalue weighted by molar-refractivity contribution is 0.0563. The fourth-order valence-corrected chi connectivity index (χ4v) is 2.02. The Morgan fingerprint density at radius 1 is 1.44 bits per heavy atom. The predicted octanol–water partition coefficient (Wildman–Crippen LogP) is 1.85. The molecule has 16 heavy (non-hydrogen) atoms. The number of nitrogens with zero attached hydrogens (tertiary/aromatic N) is 1. The molecule has 1 rings (SSSR count). The first-order chi connectivity index (χ1) is 7.77. The zero-order valence-corrected chi connectivity index (χ0v) is 10.5. The summed E-state index contributed by atoms with van der Waals surface area (Å²) in [6.45, 7) is 5.59. The van der Waals surface area contributed by atoms with Gasteiger partial charge in [-0.05, 0) is 25.2 Å². The average molecular weight is 228 g/mol. The molecule has 1 saturated heterocycles. The minimum atomic E-state index is 0.0555. The van der Waals surface area contributed by atoms with Gasteiger partial charge in [-0.15, -0.1) is 0 Å². The largest absolute Gasteiger partial charge is 0.381 e. The predicted molar refractivity (Wildman–Crippen MR) is 64.5 cm³/mol. The van der Waals surface area contributed by atoms with Crippen molar-refractivity contribution in [3.05, 3.63) is 0 Å². The van der Waals surface area contributed by atoms with Gasteiger partial charge in [0.25, 0.3) is 0 Å². The van der Waals surface area contributed by atoms with Gasteiger partial charge in [0, 0.05) is 33.4 Å². The Morgan fingerprint density at radius 3 is 2.69 bits per heavy atom. The lowest BCUT2D eigenvalue weighted by Gasteiger charge is -2.29. The Kier molecular flexibility index (Phi) is 6.23. The van der Waals surface area contributed by atoms with E-state index in [4.69, 9.17) is 4.74 Å². The van der Waals surface area contributed by atoms with Gasteiger partial charge in [0.2, 0.25) is 0 Å². The molecule has 0 aliphatic carbocycles. The number of carbonyl (C=O) groups excluding carboxylic acids is 1. The molecule has 0 aromatic rings. The van der Waals surface area contributed by atoms with Gasteiger partial charge in [-0.2, -0.15) is 0 Å². The van der Waals surface area contributed by atoms with Crippen molar-refractivity contribution < 1.29 is 9.53 Å². The molecule has 2 amide bonds. The Bertz CT molecular complexity index is 203. The normalized spacial score (nSPS) is 17.1. The van der Waals surface area contributed by atoms with Gasteiger partial charge in [0.05, 0.1) is 0 Å². The van der Waals surface area contributed by atoms with Crippen molar-refractivity contribution in [3.63, 3.8) is 0 Å². The summed E-state index contributed by atoms with van der Waals surface area (Å²) in [5.74, 6) is 0.614. The van der Waals surface area contributed by atoms with E-state index in [1.165, 1.54) is 0 Å². The van der Waals surface area contributed by atoms with Crippen LogP contribution < -0.4 is 5.32 Å². The summed E-state index contributed by atoms with van der Waals surface area (Å²) in [4.78, 5) is 13.6. The van der Waals surface area contributed by atoms with Crippen LogP contribution in [0, 0.1) is 5.92 Å². The fraction of sp³-hybridized carbons (Fsp3) is 0.917. The van der Waals surface area contributed by atoms with Gasteiger partial charge >= 0.3 is 6.03 Å². The zero-order valence-electron chi connectivity index (χ0n) is 10.5. The molecule has 1 heterocycles. The van der Waals surface area contributed by atoms with Gasteiger partial charge in [0.1, 0.15) is 0 Å². The van der Waals surface area contributed by atoms with Crippen LogP contribution in [0.3, 0.4) is 0 Å². The number of hydrogen-bond acceptors (Lipinski definition) is 2. The fourth-order valence-electron chi connectivity index (χ4n) is 2.02. The number of carbonyl (C=O) groups is 1. The molecule has 0 aromatic carbocycles. The SMILES string of the molecule is CCCCN(CC1CCOCC1)C(=O)NC. The molecule has 4 heteroatoms. The summed E-state index contributed by atoms with van der Waals surface area (Å²) < 4.78 is 5.33. The highest BCUT2D eigenvalue weighted by Crippen LogP contribution is 2.16. The number of amides is 2. The highest BCUT2D eigenvalue weighted by Gasteiger charge is 2.19. The Hall–Kier alpha value is -0.770.